The maximum absolute atomic E-state index is 9.35. The maximum atomic E-state index is 9.35. The highest BCUT2D eigenvalue weighted by molar-refractivity contribution is 4.65. The summed E-state index contributed by atoms with van der Waals surface area (Å²) >= 11 is 0. The Morgan fingerprint density at radius 2 is 2.33 bits per heavy atom. The van der Waals surface area contributed by atoms with Crippen molar-refractivity contribution in [2.75, 3.05) is 20.2 Å². The first-order valence-electron chi connectivity index (χ1n) is 3.20. The van der Waals surface area contributed by atoms with E-state index >= 15 is 0 Å². The highest BCUT2D eigenvalue weighted by atomic mass is 16.6. The third-order valence-electron chi connectivity index (χ3n) is 1.72. The van der Waals surface area contributed by atoms with Gasteiger partial charge in [-0.25, -0.2) is 0 Å². The molecule has 9 heavy (non-hydrogen) atoms. The van der Waals surface area contributed by atoms with Gasteiger partial charge in [0.15, 0.2) is 0 Å². The van der Waals surface area contributed by atoms with Gasteiger partial charge < -0.3 is 9.84 Å². The molecule has 1 aliphatic rings. The number of nitrogens with zero attached hydrogens (tertiary/aromatic N) is 1. The summed E-state index contributed by atoms with van der Waals surface area (Å²) in [6, 6.07) is 0. The molecule has 3 nitrogen and oxygen atoms in total. The lowest BCUT2D eigenvalue weighted by molar-refractivity contribution is -0.293. The highest BCUT2D eigenvalue weighted by Gasteiger charge is 2.29. The molecule has 0 bridgehead atoms. The minimum absolute atomic E-state index is 0.664. The van der Waals surface area contributed by atoms with Crippen LogP contribution in [0.15, 0.2) is 0 Å². The maximum Gasteiger partial charge on any atom is 0.224 e. The lowest BCUT2D eigenvalue weighted by atomic mass is 10.3. The van der Waals surface area contributed by atoms with E-state index in [0.29, 0.717) is 6.61 Å². The molecule has 1 rings (SSSR count). The predicted octanol–water partition coefficient (Wildman–Crippen LogP) is 0.00450. The molecule has 0 saturated carbocycles. The van der Waals surface area contributed by atoms with Gasteiger partial charge in [0.25, 0.3) is 0 Å². The first kappa shape index (κ1) is 6.99. The lowest BCUT2D eigenvalue weighted by Gasteiger charge is -2.37. The van der Waals surface area contributed by atoms with Crippen molar-refractivity contribution >= 4 is 0 Å². The number of hydrogen-bond acceptors (Lipinski definition) is 3. The summed E-state index contributed by atoms with van der Waals surface area (Å²) in [4.78, 5) is 1.79. The van der Waals surface area contributed by atoms with E-state index in [4.69, 9.17) is 4.74 Å². The Balaban J connectivity index is 2.49. The summed E-state index contributed by atoms with van der Waals surface area (Å²) in [6.45, 7) is 3.23. The monoisotopic (exact) mass is 131 g/mol. The molecular formula is C6H13NO2. The molecule has 0 amide bonds. The molecule has 1 unspecified atom stereocenters. The third-order valence-corrected chi connectivity index (χ3v) is 1.72. The number of hydrogen-bond donors (Lipinski definition) is 1. The Kier molecular flexibility index (Phi) is 1.75. The summed E-state index contributed by atoms with van der Waals surface area (Å²) in [7, 11) is 1.85. The zero-order valence-corrected chi connectivity index (χ0v) is 5.92. The fourth-order valence-corrected chi connectivity index (χ4v) is 0.885. The average Bonchev–Trinajstić information content (AvgIpc) is 1.77. The molecule has 1 fully saturated rings. The summed E-state index contributed by atoms with van der Waals surface area (Å²) in [5.74, 6) is -1.03. The van der Waals surface area contributed by atoms with Crippen LogP contribution in [0.1, 0.15) is 13.3 Å². The first-order valence-corrected chi connectivity index (χ1v) is 3.20. The molecule has 0 aromatic rings. The van der Waals surface area contributed by atoms with E-state index in [1.54, 1.807) is 11.8 Å². The molecule has 1 atom stereocenters. The van der Waals surface area contributed by atoms with Gasteiger partial charge in [-0.15, -0.1) is 0 Å². The summed E-state index contributed by atoms with van der Waals surface area (Å²) in [5, 5.41) is 9.35. The van der Waals surface area contributed by atoms with Crippen LogP contribution >= 0.6 is 0 Å². The van der Waals surface area contributed by atoms with Crippen molar-refractivity contribution in [3.63, 3.8) is 0 Å². The molecule has 54 valence electrons. The van der Waals surface area contributed by atoms with Crippen LogP contribution in [-0.4, -0.2) is 36.1 Å². The fourth-order valence-electron chi connectivity index (χ4n) is 0.885. The molecule has 1 saturated heterocycles. The van der Waals surface area contributed by atoms with Crippen molar-refractivity contribution in [2.24, 2.45) is 0 Å². The van der Waals surface area contributed by atoms with Gasteiger partial charge in [-0.3, -0.25) is 4.90 Å². The summed E-state index contributed by atoms with van der Waals surface area (Å²) in [6.07, 6.45) is 1.01. The van der Waals surface area contributed by atoms with Crippen LogP contribution < -0.4 is 0 Å². The lowest BCUT2D eigenvalue weighted by Crippen LogP contribution is -2.50. The second-order valence-electron chi connectivity index (χ2n) is 2.56. The molecule has 1 N–H and O–H groups in total. The van der Waals surface area contributed by atoms with Gasteiger partial charge in [-0.05, 0) is 13.5 Å². The van der Waals surface area contributed by atoms with Gasteiger partial charge in [0, 0.05) is 13.5 Å². The van der Waals surface area contributed by atoms with Crippen molar-refractivity contribution < 1.29 is 9.84 Å². The normalized spacial score (nSPS) is 39.0. The summed E-state index contributed by atoms with van der Waals surface area (Å²) < 4.78 is 5.06. The molecule has 3 heteroatoms. The SMILES string of the molecule is CN1CCCOC1(C)O. The van der Waals surface area contributed by atoms with Gasteiger partial charge in [0.1, 0.15) is 0 Å². The Hall–Kier alpha value is -0.120. The van der Waals surface area contributed by atoms with Crippen LogP contribution in [0.4, 0.5) is 0 Å². The summed E-state index contributed by atoms with van der Waals surface area (Å²) in [5.41, 5.74) is 0. The zero-order chi connectivity index (χ0) is 6.91. The Labute approximate surface area is 55.2 Å². The van der Waals surface area contributed by atoms with Crippen molar-refractivity contribution in [1.82, 2.24) is 4.90 Å². The van der Waals surface area contributed by atoms with Gasteiger partial charge in [0.2, 0.25) is 5.91 Å². The average molecular weight is 131 g/mol. The van der Waals surface area contributed by atoms with E-state index in [0.717, 1.165) is 13.0 Å². The van der Waals surface area contributed by atoms with E-state index in [1.807, 2.05) is 7.05 Å². The van der Waals surface area contributed by atoms with E-state index in [2.05, 4.69) is 0 Å². The number of rotatable bonds is 0. The molecule has 0 aromatic heterocycles. The molecule has 0 spiro atoms. The Bertz CT molecular complexity index is 103. The van der Waals surface area contributed by atoms with Crippen LogP contribution in [0.2, 0.25) is 0 Å². The topological polar surface area (TPSA) is 32.7 Å². The highest BCUT2D eigenvalue weighted by Crippen LogP contribution is 2.15. The van der Waals surface area contributed by atoms with Gasteiger partial charge in [0.05, 0.1) is 6.61 Å². The smallest absolute Gasteiger partial charge is 0.224 e. The van der Waals surface area contributed by atoms with E-state index in [-0.39, 0.29) is 0 Å². The second-order valence-corrected chi connectivity index (χ2v) is 2.56. The van der Waals surface area contributed by atoms with Gasteiger partial charge in [-0.2, -0.15) is 0 Å². The van der Waals surface area contributed by atoms with E-state index in [1.165, 1.54) is 0 Å². The van der Waals surface area contributed by atoms with Gasteiger partial charge in [-0.1, -0.05) is 0 Å². The van der Waals surface area contributed by atoms with Crippen LogP contribution in [0.3, 0.4) is 0 Å². The molecule has 0 radical (unpaired) electrons. The zero-order valence-electron chi connectivity index (χ0n) is 5.92. The van der Waals surface area contributed by atoms with Crippen molar-refractivity contribution in [3.8, 4) is 0 Å². The molecule has 1 heterocycles. The van der Waals surface area contributed by atoms with Crippen LogP contribution in [0, 0.1) is 0 Å². The third kappa shape index (κ3) is 1.41. The van der Waals surface area contributed by atoms with Crippen LogP contribution in [0.25, 0.3) is 0 Å². The number of aliphatic hydroxyl groups is 1. The molecular weight excluding hydrogens is 118 g/mol. The van der Waals surface area contributed by atoms with Crippen molar-refractivity contribution in [2.45, 2.75) is 19.3 Å². The molecule has 1 aliphatic heterocycles. The largest absolute Gasteiger partial charge is 0.353 e. The molecule has 0 aromatic carbocycles. The molecule has 0 aliphatic carbocycles. The van der Waals surface area contributed by atoms with E-state index < -0.39 is 5.91 Å². The Morgan fingerprint density at radius 3 is 2.67 bits per heavy atom. The number of ether oxygens (including phenoxy) is 1. The van der Waals surface area contributed by atoms with Crippen molar-refractivity contribution in [3.05, 3.63) is 0 Å². The van der Waals surface area contributed by atoms with E-state index in [9.17, 15) is 5.11 Å². The fraction of sp³-hybridized carbons (Fsp3) is 1.00. The van der Waals surface area contributed by atoms with Crippen LogP contribution in [-0.2, 0) is 4.74 Å². The second kappa shape index (κ2) is 2.25. The standard InChI is InChI=1S/C6H13NO2/c1-6(8)7(2)4-3-5-9-6/h8H,3-5H2,1-2H3. The van der Waals surface area contributed by atoms with Crippen molar-refractivity contribution in [1.29, 1.82) is 0 Å². The first-order chi connectivity index (χ1) is 4.13. The quantitative estimate of drug-likeness (QED) is 0.502. The van der Waals surface area contributed by atoms with Gasteiger partial charge >= 0.3 is 0 Å². The minimum Gasteiger partial charge on any atom is -0.353 e. The predicted molar refractivity (Wildman–Crippen MR) is 33.8 cm³/mol. The van der Waals surface area contributed by atoms with Crippen LogP contribution in [0.5, 0.6) is 0 Å². The minimum atomic E-state index is -1.03. The Morgan fingerprint density at radius 1 is 1.67 bits per heavy atom.